The highest BCUT2D eigenvalue weighted by molar-refractivity contribution is 5.86. The average Bonchev–Trinajstić information content (AvgIpc) is 3.14. The Morgan fingerprint density at radius 2 is 1.87 bits per heavy atom. The summed E-state index contributed by atoms with van der Waals surface area (Å²) in [6.45, 7) is 7.91. The van der Waals surface area contributed by atoms with E-state index in [1.165, 1.54) is 17.2 Å². The highest BCUT2D eigenvalue weighted by Gasteiger charge is 2.10. The van der Waals surface area contributed by atoms with E-state index in [9.17, 15) is 4.79 Å². The number of carbonyl (C=O) groups excluding carboxylic acids is 1. The predicted octanol–water partition coefficient (Wildman–Crippen LogP) is 5.22. The second kappa shape index (κ2) is 11.9. The maximum atomic E-state index is 11.2. The summed E-state index contributed by atoms with van der Waals surface area (Å²) in [5.41, 5.74) is 3.44. The number of hydrogen-bond acceptors (Lipinski definition) is 3. The van der Waals surface area contributed by atoms with E-state index in [1.807, 2.05) is 24.3 Å². The summed E-state index contributed by atoms with van der Waals surface area (Å²) in [5, 5.41) is 2.83. The fraction of sp³-hybridized carbons (Fsp3) is 0.385. The van der Waals surface area contributed by atoms with Crippen LogP contribution in [-0.4, -0.2) is 28.6 Å². The van der Waals surface area contributed by atoms with Crippen molar-refractivity contribution in [2.75, 3.05) is 13.2 Å². The van der Waals surface area contributed by atoms with Crippen molar-refractivity contribution in [1.29, 1.82) is 0 Å². The van der Waals surface area contributed by atoms with E-state index in [4.69, 9.17) is 9.72 Å². The number of nitrogens with zero attached hydrogens (tertiary/aromatic N) is 2. The van der Waals surface area contributed by atoms with Crippen LogP contribution in [0.25, 0.3) is 11.0 Å². The number of hydrogen-bond donors (Lipinski definition) is 1. The van der Waals surface area contributed by atoms with Crippen molar-refractivity contribution < 1.29 is 9.53 Å². The molecule has 3 rings (SSSR count). The maximum absolute atomic E-state index is 11.2. The third-order valence-electron chi connectivity index (χ3n) is 5.42. The third-order valence-corrected chi connectivity index (χ3v) is 5.42. The third kappa shape index (κ3) is 6.71. The molecule has 5 heteroatoms. The Morgan fingerprint density at radius 3 is 2.71 bits per heavy atom. The van der Waals surface area contributed by atoms with Gasteiger partial charge in [0.25, 0.3) is 0 Å². The van der Waals surface area contributed by atoms with Gasteiger partial charge in [0.15, 0.2) is 0 Å². The van der Waals surface area contributed by atoms with Crippen molar-refractivity contribution in [3.8, 4) is 5.75 Å². The van der Waals surface area contributed by atoms with Gasteiger partial charge in [-0.05, 0) is 62.4 Å². The number of rotatable bonds is 13. The van der Waals surface area contributed by atoms with Crippen LogP contribution in [0.15, 0.2) is 61.2 Å². The number of imidazole rings is 1. The van der Waals surface area contributed by atoms with E-state index in [2.05, 4.69) is 47.7 Å². The van der Waals surface area contributed by atoms with Crippen LogP contribution in [0.2, 0.25) is 0 Å². The lowest BCUT2D eigenvalue weighted by atomic mass is 10.2. The minimum Gasteiger partial charge on any atom is -0.493 e. The summed E-state index contributed by atoms with van der Waals surface area (Å²) >= 11 is 0. The molecule has 2 aromatic carbocycles. The zero-order valence-corrected chi connectivity index (χ0v) is 18.5. The number of benzene rings is 2. The van der Waals surface area contributed by atoms with Gasteiger partial charge in [0.1, 0.15) is 11.6 Å². The summed E-state index contributed by atoms with van der Waals surface area (Å²) in [4.78, 5) is 16.1. The maximum Gasteiger partial charge on any atom is 0.243 e. The molecule has 0 spiro atoms. The van der Waals surface area contributed by atoms with Crippen LogP contribution in [0.4, 0.5) is 0 Å². The monoisotopic (exact) mass is 419 g/mol. The molecule has 5 nitrogen and oxygen atoms in total. The number of unbranched alkanes of at least 4 members (excludes halogenated alkanes) is 3. The molecule has 0 aliphatic heterocycles. The van der Waals surface area contributed by atoms with Gasteiger partial charge in [-0.3, -0.25) is 4.79 Å². The van der Waals surface area contributed by atoms with Gasteiger partial charge in [0, 0.05) is 19.5 Å². The SMILES string of the molecule is C=CC(=O)NCCCCCc1nc2ccccc2n1CCCCOc1ccccc1C. The Labute approximate surface area is 185 Å². The lowest BCUT2D eigenvalue weighted by Gasteiger charge is -2.11. The molecule has 0 aliphatic rings. The van der Waals surface area contributed by atoms with Gasteiger partial charge in [-0.1, -0.05) is 43.3 Å². The van der Waals surface area contributed by atoms with E-state index >= 15 is 0 Å². The van der Waals surface area contributed by atoms with Crippen molar-refractivity contribution in [3.05, 3.63) is 72.6 Å². The fourth-order valence-corrected chi connectivity index (χ4v) is 3.71. The van der Waals surface area contributed by atoms with Crippen molar-refractivity contribution in [2.24, 2.45) is 0 Å². The summed E-state index contributed by atoms with van der Waals surface area (Å²) in [6.07, 6.45) is 7.40. The van der Waals surface area contributed by atoms with Gasteiger partial charge in [0.2, 0.25) is 5.91 Å². The Morgan fingerprint density at radius 1 is 1.06 bits per heavy atom. The molecule has 1 amide bonds. The summed E-state index contributed by atoms with van der Waals surface area (Å²) in [5.74, 6) is 2.02. The molecular formula is C26H33N3O2. The number of fused-ring (bicyclic) bond motifs is 1. The normalized spacial score (nSPS) is 10.9. The summed E-state index contributed by atoms with van der Waals surface area (Å²) in [7, 11) is 0. The summed E-state index contributed by atoms with van der Waals surface area (Å²) < 4.78 is 8.30. The lowest BCUT2D eigenvalue weighted by Crippen LogP contribution is -2.21. The first-order valence-electron chi connectivity index (χ1n) is 11.2. The zero-order chi connectivity index (χ0) is 21.9. The molecule has 0 atom stereocenters. The number of nitrogens with one attached hydrogen (secondary N) is 1. The first kappa shape index (κ1) is 22.6. The molecule has 1 aromatic heterocycles. The molecule has 31 heavy (non-hydrogen) atoms. The van der Waals surface area contributed by atoms with Crippen molar-refractivity contribution in [3.63, 3.8) is 0 Å². The smallest absolute Gasteiger partial charge is 0.243 e. The largest absolute Gasteiger partial charge is 0.493 e. The Bertz CT molecular complexity index is 993. The van der Waals surface area contributed by atoms with Crippen molar-refractivity contribution in [2.45, 2.75) is 52.0 Å². The van der Waals surface area contributed by atoms with Crippen LogP contribution in [0, 0.1) is 6.92 Å². The Balaban J connectivity index is 1.48. The number of carbonyl (C=O) groups is 1. The average molecular weight is 420 g/mol. The van der Waals surface area contributed by atoms with Crippen molar-refractivity contribution in [1.82, 2.24) is 14.9 Å². The van der Waals surface area contributed by atoms with Gasteiger partial charge < -0.3 is 14.6 Å². The molecule has 0 unspecified atom stereocenters. The van der Waals surface area contributed by atoms with Gasteiger partial charge in [0.05, 0.1) is 17.6 Å². The highest BCUT2D eigenvalue weighted by Crippen LogP contribution is 2.20. The summed E-state index contributed by atoms with van der Waals surface area (Å²) in [6, 6.07) is 16.5. The molecule has 0 fully saturated rings. The number of ether oxygens (including phenoxy) is 1. The molecule has 1 heterocycles. The lowest BCUT2D eigenvalue weighted by molar-refractivity contribution is -0.116. The molecule has 0 aliphatic carbocycles. The van der Waals surface area contributed by atoms with Crippen LogP contribution < -0.4 is 10.1 Å². The number of para-hydroxylation sites is 3. The van der Waals surface area contributed by atoms with Crippen LogP contribution in [-0.2, 0) is 17.8 Å². The number of aryl methyl sites for hydroxylation is 3. The minimum absolute atomic E-state index is 0.104. The van der Waals surface area contributed by atoms with Crippen LogP contribution in [0.3, 0.4) is 0 Å². The number of amides is 1. The van der Waals surface area contributed by atoms with Crippen LogP contribution in [0.1, 0.15) is 43.5 Å². The van der Waals surface area contributed by atoms with Crippen molar-refractivity contribution >= 4 is 16.9 Å². The van der Waals surface area contributed by atoms with E-state index in [0.717, 1.165) is 68.8 Å². The highest BCUT2D eigenvalue weighted by atomic mass is 16.5. The first-order chi connectivity index (χ1) is 15.2. The Kier molecular flexibility index (Phi) is 8.71. The minimum atomic E-state index is -0.104. The van der Waals surface area contributed by atoms with Crippen LogP contribution in [0.5, 0.6) is 5.75 Å². The van der Waals surface area contributed by atoms with Gasteiger partial charge in [-0.2, -0.15) is 0 Å². The van der Waals surface area contributed by atoms with Gasteiger partial charge in [-0.25, -0.2) is 4.98 Å². The fourth-order valence-electron chi connectivity index (χ4n) is 3.71. The van der Waals surface area contributed by atoms with E-state index in [1.54, 1.807) is 0 Å². The van der Waals surface area contributed by atoms with E-state index in [0.29, 0.717) is 6.54 Å². The molecule has 3 aromatic rings. The molecule has 164 valence electrons. The second-order valence-electron chi connectivity index (χ2n) is 7.80. The van der Waals surface area contributed by atoms with Crippen LogP contribution >= 0.6 is 0 Å². The molecule has 1 N–H and O–H groups in total. The van der Waals surface area contributed by atoms with Gasteiger partial charge >= 0.3 is 0 Å². The first-order valence-corrected chi connectivity index (χ1v) is 11.2. The molecule has 0 bridgehead atoms. The zero-order valence-electron chi connectivity index (χ0n) is 18.5. The quantitative estimate of drug-likeness (QED) is 0.305. The topological polar surface area (TPSA) is 56.2 Å². The van der Waals surface area contributed by atoms with E-state index in [-0.39, 0.29) is 5.91 Å². The molecule has 0 saturated heterocycles. The Hall–Kier alpha value is -3.08. The standard InChI is InChI=1S/C26H33N3O2/c1-3-26(30)27-18-10-4-5-17-25-28-22-14-7-8-15-23(22)29(25)19-11-12-20-31-24-16-9-6-13-21(24)2/h3,6-9,13-16H,1,4-5,10-12,17-20H2,2H3,(H,27,30). The predicted molar refractivity (Wildman–Crippen MR) is 126 cm³/mol. The van der Waals surface area contributed by atoms with E-state index < -0.39 is 0 Å². The van der Waals surface area contributed by atoms with Gasteiger partial charge in [-0.15, -0.1) is 0 Å². The second-order valence-corrected chi connectivity index (χ2v) is 7.80. The molecule has 0 radical (unpaired) electrons. The molecular weight excluding hydrogens is 386 g/mol. The number of aromatic nitrogens is 2. The molecule has 0 saturated carbocycles.